The average Bonchev–Trinajstić information content (AvgIpc) is 3.31. The van der Waals surface area contributed by atoms with E-state index in [0.717, 1.165) is 0 Å². The Hall–Kier alpha value is -3.77. The van der Waals surface area contributed by atoms with Gasteiger partial charge in [-0.05, 0) is 104 Å². The smallest absolute Gasteiger partial charge is 0.338 e. The Kier molecular flexibility index (Phi) is 18.8. The minimum absolute atomic E-state index is 0.0889. The van der Waals surface area contributed by atoms with Crippen molar-refractivity contribution in [1.29, 1.82) is 0 Å². The van der Waals surface area contributed by atoms with E-state index >= 15 is 0 Å². The largest absolute Gasteiger partial charge is 0.457 e. The van der Waals surface area contributed by atoms with Crippen LogP contribution in [0.15, 0.2) is 72.8 Å². The average molecular weight is 940 g/mol. The number of hydrogen-bond donors (Lipinski definition) is 2. The van der Waals surface area contributed by atoms with Gasteiger partial charge in [-0.3, -0.25) is 4.79 Å². The topological polar surface area (TPSA) is 178 Å². The summed E-state index contributed by atoms with van der Waals surface area (Å²) in [6.45, 7) is 20.6. The third-order valence-corrected chi connectivity index (χ3v) is 14.5. The molecule has 2 aromatic rings. The van der Waals surface area contributed by atoms with Gasteiger partial charge >= 0.3 is 17.9 Å². The molecule has 0 saturated carbocycles. The molecule has 374 valence electrons. The number of ether oxygens (including phenoxy) is 9. The molecule has 15 nitrogen and oxygen atoms in total. The Bertz CT molecular complexity index is 1930. The minimum Gasteiger partial charge on any atom is -0.457 e. The van der Waals surface area contributed by atoms with Gasteiger partial charge in [0.25, 0.3) is 0 Å². The van der Waals surface area contributed by atoms with E-state index in [1.165, 1.54) is 7.11 Å². The van der Waals surface area contributed by atoms with Gasteiger partial charge in [-0.15, -0.1) is 0 Å². The summed E-state index contributed by atoms with van der Waals surface area (Å²) in [4.78, 5) is 43.8. The quantitative estimate of drug-likeness (QED) is 0.129. The molecular weight excluding hydrogens is 863 g/mol. The maximum Gasteiger partial charge on any atom is 0.338 e. The van der Waals surface area contributed by atoms with Gasteiger partial charge < -0.3 is 57.7 Å². The molecule has 0 bridgehead atoms. The summed E-state index contributed by atoms with van der Waals surface area (Å²) in [6, 6.07) is 17.0. The minimum atomic E-state index is -1.26. The fourth-order valence-corrected chi connectivity index (χ4v) is 10.2. The zero-order valence-corrected chi connectivity index (χ0v) is 41.8. The predicted molar refractivity (Wildman–Crippen MR) is 250 cm³/mol. The molecule has 3 saturated heterocycles. The summed E-state index contributed by atoms with van der Waals surface area (Å²) >= 11 is 0. The highest BCUT2D eigenvalue weighted by Gasteiger charge is 2.54. The van der Waals surface area contributed by atoms with Gasteiger partial charge in [-0.25, -0.2) is 9.59 Å². The zero-order valence-electron chi connectivity index (χ0n) is 41.8. The number of carbonyl (C=O) groups excluding carboxylic acids is 3. The van der Waals surface area contributed by atoms with Crippen LogP contribution in [0.4, 0.5) is 0 Å². The molecule has 0 amide bonds. The summed E-state index contributed by atoms with van der Waals surface area (Å²) in [5.74, 6) is -4.67. The molecule has 3 aliphatic rings. The number of aliphatic hydroxyl groups excluding tert-OH is 2. The number of carbonyl (C=O) groups is 3. The van der Waals surface area contributed by atoms with Crippen molar-refractivity contribution in [2.24, 2.45) is 23.7 Å². The molecule has 3 fully saturated rings. The van der Waals surface area contributed by atoms with Crippen LogP contribution in [0.5, 0.6) is 0 Å². The second-order valence-corrected chi connectivity index (χ2v) is 19.7. The Morgan fingerprint density at radius 1 is 0.776 bits per heavy atom. The SMILES string of the molecule is C=C1C(O)[C@@H](C)[C@@H](O)[C@H](C)C[C@@](C)(OC)[C@H](O[C@@H]2O[C@H](C)C[C@H](N(C)C)[C@H]2OC(=O)c2ccccc2)[C@@H](C)[C@H](O[C@H]2C[C@@](C)(OC)[C@@H](OC(=O)c3ccccc3)[C@H](C)O2)[C@@H](C)C(=O)O[C@@H]1CC. The highest BCUT2D eigenvalue weighted by Crippen LogP contribution is 2.43. The van der Waals surface area contributed by atoms with Gasteiger partial charge in [-0.1, -0.05) is 70.7 Å². The van der Waals surface area contributed by atoms with Crippen molar-refractivity contribution >= 4 is 17.9 Å². The molecule has 18 atom stereocenters. The van der Waals surface area contributed by atoms with Crippen molar-refractivity contribution in [1.82, 2.24) is 4.90 Å². The first kappa shape index (κ1) is 54.2. The van der Waals surface area contributed by atoms with Crippen LogP contribution in [0.25, 0.3) is 0 Å². The van der Waals surface area contributed by atoms with E-state index in [1.54, 1.807) is 76.4 Å². The van der Waals surface area contributed by atoms with Crippen LogP contribution in [0.1, 0.15) is 109 Å². The number of hydrogen-bond acceptors (Lipinski definition) is 15. The molecule has 3 aliphatic heterocycles. The second kappa shape index (κ2) is 23.2. The van der Waals surface area contributed by atoms with E-state index in [0.29, 0.717) is 24.0 Å². The van der Waals surface area contributed by atoms with Crippen LogP contribution in [0.2, 0.25) is 0 Å². The number of methoxy groups -OCH3 is 2. The molecule has 3 heterocycles. The number of nitrogens with zero attached hydrogens (tertiary/aromatic N) is 1. The lowest BCUT2D eigenvalue weighted by Gasteiger charge is -2.50. The molecule has 2 N–H and O–H groups in total. The normalized spacial score (nSPS) is 39.2. The lowest BCUT2D eigenvalue weighted by molar-refractivity contribution is -0.319. The van der Waals surface area contributed by atoms with Crippen LogP contribution in [0.3, 0.4) is 0 Å². The molecule has 0 spiro atoms. The molecule has 0 aromatic heterocycles. The number of rotatable bonds is 12. The van der Waals surface area contributed by atoms with Crippen molar-refractivity contribution in [3.05, 3.63) is 83.9 Å². The van der Waals surface area contributed by atoms with Crippen molar-refractivity contribution in [3.63, 3.8) is 0 Å². The fraction of sp³-hybridized carbons (Fsp3) is 0.673. The van der Waals surface area contributed by atoms with Crippen LogP contribution in [-0.4, -0.2) is 146 Å². The maximum absolute atomic E-state index is 14.6. The Balaban J connectivity index is 1.61. The molecule has 0 radical (unpaired) electrons. The monoisotopic (exact) mass is 940 g/mol. The number of esters is 3. The van der Waals surface area contributed by atoms with Gasteiger partial charge in [0.05, 0.1) is 65.3 Å². The zero-order chi connectivity index (χ0) is 49.5. The summed E-state index contributed by atoms with van der Waals surface area (Å²) in [5.41, 5.74) is -1.36. The first-order valence-corrected chi connectivity index (χ1v) is 23.7. The van der Waals surface area contributed by atoms with Crippen LogP contribution < -0.4 is 0 Å². The van der Waals surface area contributed by atoms with E-state index in [1.807, 2.05) is 72.7 Å². The molecule has 5 rings (SSSR count). The van der Waals surface area contributed by atoms with Gasteiger partial charge in [0.2, 0.25) is 0 Å². The van der Waals surface area contributed by atoms with Crippen LogP contribution in [0, 0.1) is 23.7 Å². The lowest BCUT2D eigenvalue weighted by atomic mass is 9.74. The molecule has 1 unspecified atom stereocenters. The van der Waals surface area contributed by atoms with Crippen molar-refractivity contribution in [2.75, 3.05) is 28.3 Å². The third-order valence-electron chi connectivity index (χ3n) is 14.5. The van der Waals surface area contributed by atoms with Crippen molar-refractivity contribution in [2.45, 2.75) is 173 Å². The van der Waals surface area contributed by atoms with E-state index < -0.39 is 114 Å². The van der Waals surface area contributed by atoms with Crippen LogP contribution in [-0.2, 0) is 47.4 Å². The highest BCUT2D eigenvalue weighted by molar-refractivity contribution is 5.90. The first-order chi connectivity index (χ1) is 31.6. The van der Waals surface area contributed by atoms with E-state index in [2.05, 4.69) is 6.58 Å². The van der Waals surface area contributed by atoms with E-state index in [4.69, 9.17) is 42.6 Å². The number of benzene rings is 2. The molecular formula is C52H77NO14. The number of likely N-dealkylation sites (N-methyl/N-ethyl adjacent to an activating group) is 1. The molecule has 67 heavy (non-hydrogen) atoms. The van der Waals surface area contributed by atoms with E-state index in [9.17, 15) is 24.6 Å². The molecule has 15 heteroatoms. The summed E-state index contributed by atoms with van der Waals surface area (Å²) < 4.78 is 58.6. The number of aliphatic hydroxyl groups is 2. The van der Waals surface area contributed by atoms with Crippen LogP contribution >= 0.6 is 0 Å². The molecule has 2 aromatic carbocycles. The van der Waals surface area contributed by atoms with E-state index in [-0.39, 0.29) is 30.6 Å². The van der Waals surface area contributed by atoms with Gasteiger partial charge in [0, 0.05) is 32.5 Å². The highest BCUT2D eigenvalue weighted by atomic mass is 16.7. The lowest BCUT2D eigenvalue weighted by Crippen LogP contribution is -2.62. The molecule has 0 aliphatic carbocycles. The Morgan fingerprint density at radius 2 is 1.33 bits per heavy atom. The predicted octanol–water partition coefficient (Wildman–Crippen LogP) is 6.77. The Labute approximate surface area is 397 Å². The fourth-order valence-electron chi connectivity index (χ4n) is 10.2. The Morgan fingerprint density at radius 3 is 1.87 bits per heavy atom. The van der Waals surface area contributed by atoms with Crippen molar-refractivity contribution in [3.8, 4) is 0 Å². The maximum atomic E-state index is 14.6. The van der Waals surface area contributed by atoms with Gasteiger partial charge in [-0.2, -0.15) is 0 Å². The second-order valence-electron chi connectivity index (χ2n) is 19.7. The van der Waals surface area contributed by atoms with Crippen molar-refractivity contribution < 1.29 is 67.2 Å². The van der Waals surface area contributed by atoms with Gasteiger partial charge in [0.15, 0.2) is 24.8 Å². The summed E-state index contributed by atoms with van der Waals surface area (Å²) in [7, 11) is 6.91. The van der Waals surface area contributed by atoms with Gasteiger partial charge in [0.1, 0.15) is 11.7 Å². The summed E-state index contributed by atoms with van der Waals surface area (Å²) in [5, 5.41) is 23.5. The number of cyclic esters (lactones) is 1. The first-order valence-electron chi connectivity index (χ1n) is 23.7. The standard InChI is InChI=1S/C52H77NO14/c1-15-39-31(4)42(55)32(5)41(54)29(2)27-51(9,59-13)45(67-50-44(38(53(11)12)26-30(3)61-50)65-48(57)36-22-18-16-19-23-36)33(6)43(34(7)47(56)63-39)64-40-28-52(10,60-14)46(35(8)62-40)66-49(58)37-24-20-17-21-25-37/h16-25,29-30,32-35,38-46,50,54-55H,4,15,26-28H2,1-3,5-14H3/t29-,30-,32+,33+,34-,35+,38+,39-,40+,41+,42?,43+,44-,45-,46+,50+,51-,52-/m1/s1. The third kappa shape index (κ3) is 12.5. The summed E-state index contributed by atoms with van der Waals surface area (Å²) in [6.07, 6.45) is -9.06.